The van der Waals surface area contributed by atoms with Crippen LogP contribution in [0.5, 0.6) is 0 Å². The third-order valence-electron chi connectivity index (χ3n) is 5.35. The van der Waals surface area contributed by atoms with Gasteiger partial charge in [-0.15, -0.1) is 0 Å². The molecule has 0 fully saturated rings. The molecule has 1 aliphatic carbocycles. The van der Waals surface area contributed by atoms with Crippen molar-refractivity contribution in [3.63, 3.8) is 0 Å². The molecule has 0 saturated carbocycles. The predicted octanol–water partition coefficient (Wildman–Crippen LogP) is -0.801. The van der Waals surface area contributed by atoms with Crippen LogP contribution in [-0.2, 0) is 14.3 Å². The first-order valence-corrected chi connectivity index (χ1v) is 9.22. The number of carboxylic acids is 1. The Morgan fingerprint density at radius 2 is 1.60 bits per heavy atom. The molecule has 0 bridgehead atoms. The van der Waals surface area contributed by atoms with Gasteiger partial charge in [0, 0.05) is 5.92 Å². The maximum atomic E-state index is 12.8. The second-order valence-electron chi connectivity index (χ2n) is 7.12. The first kappa shape index (κ1) is 20.5. The van der Waals surface area contributed by atoms with Crippen molar-refractivity contribution in [2.24, 2.45) is 5.73 Å². The van der Waals surface area contributed by atoms with Crippen LogP contribution in [0.15, 0.2) is 48.5 Å². The Balaban J connectivity index is 1.88. The summed E-state index contributed by atoms with van der Waals surface area (Å²) in [7, 11) is 0. The van der Waals surface area contributed by atoms with Crippen molar-refractivity contribution < 1.29 is 41.3 Å². The summed E-state index contributed by atoms with van der Waals surface area (Å²) in [6.45, 7) is -1.29. The van der Waals surface area contributed by atoms with Gasteiger partial charge in [0.2, 0.25) is 5.54 Å². The number of ether oxygens (including phenoxy) is 1. The number of aliphatic hydroxyl groups is 4. The molecule has 2 aromatic rings. The van der Waals surface area contributed by atoms with Crippen molar-refractivity contribution in [3.8, 4) is 11.1 Å². The van der Waals surface area contributed by atoms with E-state index in [9.17, 15) is 30.0 Å². The molecular formula is C21H23NO8. The van der Waals surface area contributed by atoms with E-state index in [1.54, 1.807) is 0 Å². The Bertz CT molecular complexity index is 924. The highest BCUT2D eigenvalue weighted by Crippen LogP contribution is 2.44. The number of hydrogen-bond donors (Lipinski definition) is 6. The van der Waals surface area contributed by atoms with E-state index in [0.29, 0.717) is 0 Å². The molecule has 0 spiro atoms. The first-order valence-electron chi connectivity index (χ1n) is 9.72. The lowest BCUT2D eigenvalue weighted by Gasteiger charge is -2.32. The maximum absolute atomic E-state index is 12.8. The molecule has 0 heterocycles. The quantitative estimate of drug-likeness (QED) is 0.225. The molecule has 160 valence electrons. The predicted molar refractivity (Wildman–Crippen MR) is 104 cm³/mol. The molecule has 0 aromatic heterocycles. The number of aliphatic carboxylic acids is 1. The largest absolute Gasteiger partial charge is 0.479 e. The van der Waals surface area contributed by atoms with Crippen LogP contribution in [-0.4, -0.2) is 74.5 Å². The number of aliphatic hydroxyl groups excluding tert-OH is 4. The van der Waals surface area contributed by atoms with E-state index < -0.39 is 48.3 Å². The highest BCUT2D eigenvalue weighted by Gasteiger charge is 2.54. The summed E-state index contributed by atoms with van der Waals surface area (Å²) < 4.78 is 12.6. The molecule has 0 amide bonds. The van der Waals surface area contributed by atoms with Crippen LogP contribution < -0.4 is 5.73 Å². The van der Waals surface area contributed by atoms with E-state index in [-0.39, 0.29) is 6.61 Å². The molecule has 30 heavy (non-hydrogen) atoms. The van der Waals surface area contributed by atoms with Crippen LogP contribution in [0.4, 0.5) is 0 Å². The zero-order valence-electron chi connectivity index (χ0n) is 16.8. The van der Waals surface area contributed by atoms with Crippen molar-refractivity contribution in [3.05, 3.63) is 59.7 Å². The fourth-order valence-electron chi connectivity index (χ4n) is 3.62. The smallest absolute Gasteiger partial charge is 0.340 e. The summed E-state index contributed by atoms with van der Waals surface area (Å²) in [4.78, 5) is 24.6. The van der Waals surface area contributed by atoms with E-state index in [1.165, 1.54) is 5.73 Å². The fourth-order valence-corrected chi connectivity index (χ4v) is 3.62. The zero-order valence-corrected chi connectivity index (χ0v) is 15.8. The molecule has 9 nitrogen and oxygen atoms in total. The lowest BCUT2D eigenvalue weighted by molar-refractivity contribution is -0.176. The number of hydrogen-bond acceptors (Lipinski definition) is 8. The summed E-state index contributed by atoms with van der Waals surface area (Å²) >= 11 is 0. The molecule has 0 unspecified atom stereocenters. The van der Waals surface area contributed by atoms with Gasteiger partial charge in [-0.3, -0.25) is 0 Å². The van der Waals surface area contributed by atoms with Crippen LogP contribution >= 0.6 is 0 Å². The second kappa shape index (κ2) is 8.50. The van der Waals surface area contributed by atoms with Gasteiger partial charge < -0.3 is 36.0 Å². The van der Waals surface area contributed by atoms with Gasteiger partial charge in [-0.1, -0.05) is 48.5 Å². The minimum atomic E-state index is -3.09. The van der Waals surface area contributed by atoms with Gasteiger partial charge >= 0.3 is 11.9 Å². The van der Waals surface area contributed by atoms with Gasteiger partial charge in [0.25, 0.3) is 0 Å². The molecule has 0 saturated heterocycles. The zero-order chi connectivity index (χ0) is 22.8. The molecule has 2 aromatic carbocycles. The van der Waals surface area contributed by atoms with E-state index in [4.69, 9.17) is 11.3 Å². The van der Waals surface area contributed by atoms with E-state index in [2.05, 4.69) is 0 Å². The minimum absolute atomic E-state index is 0.283. The fraction of sp³-hybridized carbons (Fsp3) is 0.333. The van der Waals surface area contributed by atoms with Gasteiger partial charge in [-0.2, -0.15) is 0 Å². The van der Waals surface area contributed by atoms with Gasteiger partial charge in [0.1, 0.15) is 26.3 Å². The highest BCUT2D eigenvalue weighted by molar-refractivity contribution is 6.04. The molecule has 4 atom stereocenters. The first-order chi connectivity index (χ1) is 14.8. The third-order valence-corrected chi connectivity index (χ3v) is 5.35. The van der Waals surface area contributed by atoms with Gasteiger partial charge in [-0.25, -0.2) is 9.59 Å². The lowest BCUT2D eigenvalue weighted by Crippen LogP contribution is -2.68. The number of esters is 1. The molecule has 0 aliphatic heterocycles. The summed E-state index contributed by atoms with van der Waals surface area (Å²) in [5.74, 6) is -3.91. The van der Waals surface area contributed by atoms with E-state index >= 15 is 0 Å². The molecule has 7 N–H and O–H groups in total. The Labute approximate surface area is 173 Å². The van der Waals surface area contributed by atoms with Crippen LogP contribution in [0.1, 0.15) is 17.0 Å². The molecule has 9 heteroatoms. The number of fused-ring (bicyclic) bond motifs is 3. The summed E-state index contributed by atoms with van der Waals surface area (Å²) in [5, 5.41) is 48.3. The Hall–Kier alpha value is -2.82. The van der Waals surface area contributed by atoms with Crippen molar-refractivity contribution in [2.45, 2.75) is 29.8 Å². The Kier molecular flexibility index (Phi) is 5.80. The summed E-state index contributed by atoms with van der Waals surface area (Å²) in [5.41, 5.74) is 2.00. The monoisotopic (exact) mass is 418 g/mol. The molecular weight excluding hydrogens is 394 g/mol. The van der Waals surface area contributed by atoms with Crippen LogP contribution in [0.25, 0.3) is 11.1 Å². The van der Waals surface area contributed by atoms with Gasteiger partial charge in [-0.05, 0) is 22.3 Å². The average molecular weight is 418 g/mol. The number of nitrogens with two attached hydrogens (primary N) is 1. The molecule has 1 aliphatic rings. The highest BCUT2D eigenvalue weighted by atomic mass is 16.5. The third kappa shape index (κ3) is 3.57. The number of carbonyl (C=O) groups is 2. The van der Waals surface area contributed by atoms with Crippen LogP contribution in [0, 0.1) is 0 Å². The summed E-state index contributed by atoms with van der Waals surface area (Å²) in [6.07, 6.45) is -6.66. The van der Waals surface area contributed by atoms with Gasteiger partial charge in [0.05, 0.1) is 6.61 Å². The van der Waals surface area contributed by atoms with Crippen molar-refractivity contribution in [2.75, 3.05) is 13.2 Å². The number of carbonyl (C=O) groups excluding carboxylic acids is 1. The van der Waals surface area contributed by atoms with E-state index in [0.717, 1.165) is 22.3 Å². The number of benzene rings is 2. The van der Waals surface area contributed by atoms with Crippen molar-refractivity contribution in [1.82, 2.24) is 0 Å². The normalized spacial score (nSPS) is 18.3. The van der Waals surface area contributed by atoms with E-state index in [1.807, 2.05) is 48.5 Å². The minimum Gasteiger partial charge on any atom is -0.479 e. The lowest BCUT2D eigenvalue weighted by atomic mass is 9.87. The van der Waals surface area contributed by atoms with Crippen molar-refractivity contribution >= 4 is 11.9 Å². The Morgan fingerprint density at radius 1 is 1.07 bits per heavy atom. The standard InChI is InChI=1S/C21H23NO8/c22-21(19(27)28,18(26)17(25)16(24)9-23)20(29)30-10-15-13-7-3-1-5-11(13)12-6-2-4-8-14(12)15/h1-8,15-18,23-26H,9-10,22H2,(H,27,28)/t16-,17-,18+,21+/m1/s1/i/hD. The summed E-state index contributed by atoms with van der Waals surface area (Å²) in [6, 6.07) is 14.9. The number of rotatable bonds is 9. The SMILES string of the molecule is [2H]N[C@@](C(=O)O)(C(=O)OCC1c2ccccc2-c2ccccc21)[C@@H](O)[C@H](O)[C@H](O)CO. The molecule has 3 rings (SSSR count). The van der Waals surface area contributed by atoms with Crippen molar-refractivity contribution in [1.29, 1.82) is 0 Å². The topological polar surface area (TPSA) is 171 Å². The number of carboxylic acid groups (broad SMARTS) is 1. The molecule has 0 radical (unpaired) electrons. The van der Waals surface area contributed by atoms with Crippen LogP contribution in [0.3, 0.4) is 0 Å². The maximum Gasteiger partial charge on any atom is 0.340 e. The Morgan fingerprint density at radius 3 is 2.07 bits per heavy atom. The van der Waals surface area contributed by atoms with Crippen LogP contribution in [0.2, 0.25) is 1.41 Å². The second-order valence-corrected chi connectivity index (χ2v) is 7.12. The van der Waals surface area contributed by atoms with Gasteiger partial charge in [0.15, 0.2) is 0 Å². The average Bonchev–Trinajstić information content (AvgIpc) is 3.10.